The maximum absolute atomic E-state index is 4.59. The van der Waals surface area contributed by atoms with Crippen LogP contribution in [-0.2, 0) is 13.0 Å². The van der Waals surface area contributed by atoms with E-state index in [2.05, 4.69) is 35.2 Å². The van der Waals surface area contributed by atoms with Gasteiger partial charge in [-0.15, -0.1) is 11.3 Å². The summed E-state index contributed by atoms with van der Waals surface area (Å²) >= 11 is 1.89. The number of nitrogens with zero attached hydrogens (tertiary/aromatic N) is 2. The molecule has 2 fully saturated rings. The summed E-state index contributed by atoms with van der Waals surface area (Å²) in [6.45, 7) is 7.91. The second-order valence-corrected chi connectivity index (χ2v) is 7.40. The summed E-state index contributed by atoms with van der Waals surface area (Å²) in [5, 5.41) is 5.11. The predicted octanol–water partition coefficient (Wildman–Crippen LogP) is 2.81. The van der Waals surface area contributed by atoms with Crippen molar-refractivity contribution in [3.05, 3.63) is 16.1 Å². The van der Waals surface area contributed by atoms with Crippen LogP contribution in [-0.4, -0.2) is 34.6 Å². The van der Waals surface area contributed by atoms with Gasteiger partial charge in [-0.05, 0) is 26.2 Å². The van der Waals surface area contributed by atoms with Gasteiger partial charge in [0.05, 0.1) is 6.54 Å². The molecule has 1 saturated heterocycles. The van der Waals surface area contributed by atoms with Crippen LogP contribution in [0.1, 0.15) is 49.4 Å². The molecule has 1 aliphatic heterocycles. The van der Waals surface area contributed by atoms with Gasteiger partial charge in [0.2, 0.25) is 0 Å². The summed E-state index contributed by atoms with van der Waals surface area (Å²) in [6, 6.07) is 0.625. The van der Waals surface area contributed by atoms with Gasteiger partial charge in [0.15, 0.2) is 0 Å². The van der Waals surface area contributed by atoms with Gasteiger partial charge in [-0.1, -0.05) is 19.8 Å². The Morgan fingerprint density at radius 1 is 1.47 bits per heavy atom. The minimum Gasteiger partial charge on any atom is -0.308 e. The molecule has 2 aliphatic rings. The number of thiazole rings is 1. The fourth-order valence-corrected chi connectivity index (χ4v) is 4.34. The van der Waals surface area contributed by atoms with E-state index in [1.165, 1.54) is 42.1 Å². The number of piperazine rings is 1. The third kappa shape index (κ3) is 2.86. The molecule has 1 N–H and O–H groups in total. The number of aromatic nitrogens is 1. The van der Waals surface area contributed by atoms with E-state index < -0.39 is 0 Å². The molecule has 0 amide bonds. The highest BCUT2D eigenvalue weighted by Crippen LogP contribution is 2.33. The molecule has 19 heavy (non-hydrogen) atoms. The zero-order valence-electron chi connectivity index (χ0n) is 12.1. The van der Waals surface area contributed by atoms with E-state index in [9.17, 15) is 0 Å². The third-order valence-electron chi connectivity index (χ3n) is 4.75. The molecule has 1 atom stereocenters. The molecule has 2 heterocycles. The fourth-order valence-electron chi connectivity index (χ4n) is 3.45. The zero-order valence-corrected chi connectivity index (χ0v) is 12.9. The van der Waals surface area contributed by atoms with E-state index in [-0.39, 0.29) is 0 Å². The summed E-state index contributed by atoms with van der Waals surface area (Å²) in [4.78, 5) is 8.64. The van der Waals surface area contributed by atoms with E-state index in [1.807, 2.05) is 11.3 Å². The van der Waals surface area contributed by atoms with Crippen LogP contribution in [0.3, 0.4) is 0 Å². The Morgan fingerprint density at radius 3 is 2.95 bits per heavy atom. The molecule has 0 radical (unpaired) electrons. The SMILES string of the molecule is CCc1cnc(CN2CC3(CCCC3)NCC2C)s1. The van der Waals surface area contributed by atoms with Crippen molar-refractivity contribution in [3.8, 4) is 0 Å². The van der Waals surface area contributed by atoms with Crippen molar-refractivity contribution in [2.45, 2.75) is 64.1 Å². The van der Waals surface area contributed by atoms with Gasteiger partial charge in [-0.2, -0.15) is 0 Å². The van der Waals surface area contributed by atoms with Crippen molar-refractivity contribution in [1.29, 1.82) is 0 Å². The van der Waals surface area contributed by atoms with Gasteiger partial charge >= 0.3 is 0 Å². The Bertz CT molecular complexity index is 423. The normalized spacial score (nSPS) is 27.2. The number of rotatable bonds is 3. The van der Waals surface area contributed by atoms with E-state index in [4.69, 9.17) is 0 Å². The number of hydrogen-bond donors (Lipinski definition) is 1. The Morgan fingerprint density at radius 2 is 2.26 bits per heavy atom. The van der Waals surface area contributed by atoms with Gasteiger partial charge in [0.25, 0.3) is 0 Å². The maximum atomic E-state index is 4.59. The average molecular weight is 279 g/mol. The molecule has 3 nitrogen and oxygen atoms in total. The Kier molecular flexibility index (Phi) is 3.92. The lowest BCUT2D eigenvalue weighted by Gasteiger charge is -2.45. The highest BCUT2D eigenvalue weighted by molar-refractivity contribution is 7.11. The topological polar surface area (TPSA) is 28.2 Å². The first-order valence-corrected chi connectivity index (χ1v) is 8.45. The number of nitrogens with one attached hydrogen (secondary N) is 1. The molecule has 1 spiro atoms. The molecular formula is C15H25N3S. The van der Waals surface area contributed by atoms with E-state index >= 15 is 0 Å². The van der Waals surface area contributed by atoms with E-state index in [1.54, 1.807) is 0 Å². The van der Waals surface area contributed by atoms with Gasteiger partial charge in [0.1, 0.15) is 5.01 Å². The molecule has 1 saturated carbocycles. The predicted molar refractivity (Wildman–Crippen MR) is 80.6 cm³/mol. The molecule has 1 unspecified atom stereocenters. The average Bonchev–Trinajstić information content (AvgIpc) is 3.04. The second-order valence-electron chi connectivity index (χ2n) is 6.20. The van der Waals surface area contributed by atoms with Crippen LogP contribution >= 0.6 is 11.3 Å². The molecule has 0 bridgehead atoms. The molecule has 106 valence electrons. The van der Waals surface area contributed by atoms with Gasteiger partial charge in [0, 0.05) is 35.7 Å². The van der Waals surface area contributed by atoms with Crippen LogP contribution in [0.5, 0.6) is 0 Å². The number of aryl methyl sites for hydroxylation is 1. The maximum Gasteiger partial charge on any atom is 0.107 e. The van der Waals surface area contributed by atoms with Crippen molar-refractivity contribution in [3.63, 3.8) is 0 Å². The molecule has 1 aromatic rings. The lowest BCUT2D eigenvalue weighted by atomic mass is 9.92. The van der Waals surface area contributed by atoms with Crippen LogP contribution in [0.25, 0.3) is 0 Å². The highest BCUT2D eigenvalue weighted by atomic mass is 32.1. The van der Waals surface area contributed by atoms with Gasteiger partial charge in [-0.3, -0.25) is 4.90 Å². The van der Waals surface area contributed by atoms with Crippen LogP contribution in [0, 0.1) is 0 Å². The van der Waals surface area contributed by atoms with Gasteiger partial charge in [-0.25, -0.2) is 4.98 Å². The van der Waals surface area contributed by atoms with Crippen LogP contribution in [0.2, 0.25) is 0 Å². The van der Waals surface area contributed by atoms with Crippen molar-refractivity contribution >= 4 is 11.3 Å². The Hall–Kier alpha value is -0.450. The largest absolute Gasteiger partial charge is 0.308 e. The minimum absolute atomic E-state index is 0.414. The smallest absolute Gasteiger partial charge is 0.107 e. The molecule has 0 aromatic carbocycles. The van der Waals surface area contributed by atoms with Crippen LogP contribution in [0.4, 0.5) is 0 Å². The van der Waals surface area contributed by atoms with Crippen molar-refractivity contribution in [2.24, 2.45) is 0 Å². The van der Waals surface area contributed by atoms with Crippen LogP contribution in [0.15, 0.2) is 6.20 Å². The van der Waals surface area contributed by atoms with Crippen molar-refractivity contribution in [1.82, 2.24) is 15.2 Å². The fraction of sp³-hybridized carbons (Fsp3) is 0.800. The van der Waals surface area contributed by atoms with E-state index in [0.717, 1.165) is 19.5 Å². The molecule has 1 aromatic heterocycles. The minimum atomic E-state index is 0.414. The summed E-state index contributed by atoms with van der Waals surface area (Å²) in [7, 11) is 0. The Labute approximate surface area is 120 Å². The van der Waals surface area contributed by atoms with Gasteiger partial charge < -0.3 is 5.32 Å². The summed E-state index contributed by atoms with van der Waals surface area (Å²) in [5.41, 5.74) is 0.414. The van der Waals surface area contributed by atoms with Crippen LogP contribution < -0.4 is 5.32 Å². The van der Waals surface area contributed by atoms with Crippen molar-refractivity contribution < 1.29 is 0 Å². The summed E-state index contributed by atoms with van der Waals surface area (Å²) in [5.74, 6) is 0. The summed E-state index contributed by atoms with van der Waals surface area (Å²) < 4.78 is 0. The molecular weight excluding hydrogens is 254 g/mol. The first-order chi connectivity index (χ1) is 9.21. The lowest BCUT2D eigenvalue weighted by Crippen LogP contribution is -2.61. The molecule has 3 rings (SSSR count). The number of hydrogen-bond acceptors (Lipinski definition) is 4. The van der Waals surface area contributed by atoms with Crippen molar-refractivity contribution in [2.75, 3.05) is 13.1 Å². The second kappa shape index (κ2) is 5.51. The lowest BCUT2D eigenvalue weighted by molar-refractivity contribution is 0.0826. The third-order valence-corrected chi connectivity index (χ3v) is 5.88. The summed E-state index contributed by atoms with van der Waals surface area (Å²) in [6.07, 6.45) is 8.67. The molecule has 4 heteroatoms. The first kappa shape index (κ1) is 13.5. The standard InChI is InChI=1S/C15H25N3S/c1-3-13-9-16-14(19-13)10-18-11-15(6-4-5-7-15)17-8-12(18)2/h9,12,17H,3-8,10-11H2,1-2H3. The first-order valence-electron chi connectivity index (χ1n) is 7.63. The van der Waals surface area contributed by atoms with E-state index in [0.29, 0.717) is 11.6 Å². The monoisotopic (exact) mass is 279 g/mol. The highest BCUT2D eigenvalue weighted by Gasteiger charge is 2.39. The quantitative estimate of drug-likeness (QED) is 0.922. The Balaban J connectivity index is 1.67. The molecule has 1 aliphatic carbocycles. The zero-order chi connectivity index (χ0) is 13.3.